The van der Waals surface area contributed by atoms with Crippen LogP contribution < -0.4 is 4.74 Å². The van der Waals surface area contributed by atoms with Crippen LogP contribution in [0.25, 0.3) is 0 Å². The number of aliphatic hydroxyl groups excluding tert-OH is 1. The van der Waals surface area contributed by atoms with Gasteiger partial charge in [-0.1, -0.05) is 18.5 Å². The fourth-order valence-electron chi connectivity index (χ4n) is 1.80. The maximum atomic E-state index is 9.69. The Bertz CT molecular complexity index is 570. The first kappa shape index (κ1) is 13.8. The van der Waals surface area contributed by atoms with Gasteiger partial charge in [-0.25, -0.2) is 4.98 Å². The van der Waals surface area contributed by atoms with E-state index in [0.717, 1.165) is 17.0 Å². The summed E-state index contributed by atoms with van der Waals surface area (Å²) in [7, 11) is 0. The minimum Gasteiger partial charge on any atom is -0.439 e. The van der Waals surface area contributed by atoms with Crippen molar-refractivity contribution in [2.75, 3.05) is 0 Å². The number of aromatic nitrogens is 1. The van der Waals surface area contributed by atoms with Crippen molar-refractivity contribution >= 4 is 11.6 Å². The Balaban J connectivity index is 2.31. The zero-order chi connectivity index (χ0) is 13.8. The van der Waals surface area contributed by atoms with Crippen LogP contribution in [0.5, 0.6) is 11.6 Å². The number of rotatable bonds is 4. The van der Waals surface area contributed by atoms with Crippen molar-refractivity contribution in [2.24, 2.45) is 0 Å². The van der Waals surface area contributed by atoms with Crippen molar-refractivity contribution < 1.29 is 9.84 Å². The van der Waals surface area contributed by atoms with Gasteiger partial charge in [0.1, 0.15) is 5.75 Å². The van der Waals surface area contributed by atoms with Gasteiger partial charge in [-0.15, -0.1) is 0 Å². The Labute approximate surface area is 117 Å². The van der Waals surface area contributed by atoms with Gasteiger partial charge in [0.15, 0.2) is 0 Å². The average molecular weight is 278 g/mol. The van der Waals surface area contributed by atoms with E-state index in [1.165, 1.54) is 0 Å². The maximum absolute atomic E-state index is 9.69. The molecule has 1 N–H and O–H groups in total. The smallest absolute Gasteiger partial charge is 0.225 e. The molecule has 19 heavy (non-hydrogen) atoms. The highest BCUT2D eigenvalue weighted by Gasteiger charge is 2.11. The topological polar surface area (TPSA) is 42.4 Å². The minimum absolute atomic E-state index is 0.418. The lowest BCUT2D eigenvalue weighted by Crippen LogP contribution is -1.98. The molecule has 0 radical (unpaired) electrons. The summed E-state index contributed by atoms with van der Waals surface area (Å²) in [6.45, 7) is 3.72. The molecule has 0 unspecified atom stereocenters. The highest BCUT2D eigenvalue weighted by atomic mass is 35.5. The van der Waals surface area contributed by atoms with Crippen LogP contribution in [0, 0.1) is 0 Å². The maximum Gasteiger partial charge on any atom is 0.225 e. The van der Waals surface area contributed by atoms with Crippen molar-refractivity contribution in [1.82, 2.24) is 4.98 Å². The number of benzene rings is 1. The predicted octanol–water partition coefficient (Wildman–Crippen LogP) is 4.14. The third-order valence-corrected chi connectivity index (χ3v) is 3.23. The van der Waals surface area contributed by atoms with E-state index in [1.54, 1.807) is 37.4 Å². The van der Waals surface area contributed by atoms with Gasteiger partial charge in [-0.05, 0) is 49.2 Å². The number of ether oxygens (including phenoxy) is 1. The van der Waals surface area contributed by atoms with Gasteiger partial charge in [-0.3, -0.25) is 0 Å². The number of halogens is 1. The Morgan fingerprint density at radius 2 is 2.16 bits per heavy atom. The monoisotopic (exact) mass is 277 g/mol. The Hall–Kier alpha value is -1.58. The summed E-state index contributed by atoms with van der Waals surface area (Å²) in [6, 6.07) is 9.06. The molecule has 1 aromatic carbocycles. The van der Waals surface area contributed by atoms with Crippen LogP contribution in [0.15, 0.2) is 36.5 Å². The van der Waals surface area contributed by atoms with Crippen LogP contribution in [0.1, 0.15) is 31.1 Å². The molecule has 0 fully saturated rings. The summed E-state index contributed by atoms with van der Waals surface area (Å²) in [5.74, 6) is 1.09. The summed E-state index contributed by atoms with van der Waals surface area (Å²) in [5, 5.41) is 10.4. The molecule has 0 bridgehead atoms. The van der Waals surface area contributed by atoms with E-state index >= 15 is 0 Å². The first-order valence-electron chi connectivity index (χ1n) is 6.21. The molecule has 4 heteroatoms. The van der Waals surface area contributed by atoms with Crippen molar-refractivity contribution in [2.45, 2.75) is 26.4 Å². The van der Waals surface area contributed by atoms with Crippen LogP contribution in [0.4, 0.5) is 0 Å². The van der Waals surface area contributed by atoms with Gasteiger partial charge in [0.25, 0.3) is 0 Å². The summed E-state index contributed by atoms with van der Waals surface area (Å²) < 4.78 is 5.74. The van der Waals surface area contributed by atoms with Gasteiger partial charge in [0.05, 0.1) is 6.10 Å². The SMILES string of the molecule is CCc1cc(Oc2ncccc2[C@H](C)O)ccc1Cl. The van der Waals surface area contributed by atoms with E-state index in [-0.39, 0.29) is 0 Å². The van der Waals surface area contributed by atoms with E-state index < -0.39 is 6.10 Å². The number of pyridine rings is 1. The van der Waals surface area contributed by atoms with Crippen LogP contribution in [-0.4, -0.2) is 10.1 Å². The van der Waals surface area contributed by atoms with Crippen molar-refractivity contribution in [1.29, 1.82) is 0 Å². The van der Waals surface area contributed by atoms with Gasteiger partial charge in [-0.2, -0.15) is 0 Å². The Morgan fingerprint density at radius 3 is 2.84 bits per heavy atom. The number of aryl methyl sites for hydroxylation is 1. The number of nitrogens with zero attached hydrogens (tertiary/aromatic N) is 1. The highest BCUT2D eigenvalue weighted by Crippen LogP contribution is 2.29. The summed E-state index contributed by atoms with van der Waals surface area (Å²) in [4.78, 5) is 4.16. The van der Waals surface area contributed by atoms with E-state index in [1.807, 2.05) is 13.0 Å². The fourth-order valence-corrected chi connectivity index (χ4v) is 2.05. The second-order valence-corrected chi connectivity index (χ2v) is 4.69. The highest BCUT2D eigenvalue weighted by molar-refractivity contribution is 6.31. The van der Waals surface area contributed by atoms with Crippen molar-refractivity contribution in [3.05, 3.63) is 52.7 Å². The number of hydrogen-bond donors (Lipinski definition) is 1. The normalized spacial score (nSPS) is 12.2. The molecule has 3 nitrogen and oxygen atoms in total. The van der Waals surface area contributed by atoms with Gasteiger partial charge >= 0.3 is 0 Å². The van der Waals surface area contributed by atoms with Crippen LogP contribution in [0.2, 0.25) is 5.02 Å². The molecule has 0 saturated heterocycles. The molecule has 2 aromatic rings. The number of hydrogen-bond acceptors (Lipinski definition) is 3. The minimum atomic E-state index is -0.623. The summed E-state index contributed by atoms with van der Waals surface area (Å²) in [6.07, 6.45) is 1.85. The van der Waals surface area contributed by atoms with Gasteiger partial charge in [0.2, 0.25) is 5.88 Å². The zero-order valence-corrected chi connectivity index (χ0v) is 11.7. The average Bonchev–Trinajstić information content (AvgIpc) is 2.41. The van der Waals surface area contributed by atoms with E-state index in [9.17, 15) is 5.11 Å². The lowest BCUT2D eigenvalue weighted by molar-refractivity contribution is 0.194. The van der Waals surface area contributed by atoms with E-state index in [4.69, 9.17) is 16.3 Å². The molecule has 100 valence electrons. The third kappa shape index (κ3) is 3.25. The molecule has 1 aromatic heterocycles. The number of aliphatic hydroxyl groups is 1. The molecule has 1 heterocycles. The lowest BCUT2D eigenvalue weighted by atomic mass is 10.1. The predicted molar refractivity (Wildman–Crippen MR) is 75.8 cm³/mol. The van der Waals surface area contributed by atoms with Crippen LogP contribution in [0.3, 0.4) is 0 Å². The molecular formula is C15H16ClNO2. The van der Waals surface area contributed by atoms with Crippen LogP contribution >= 0.6 is 11.6 Å². The Kier molecular flexibility index (Phi) is 4.40. The first-order valence-corrected chi connectivity index (χ1v) is 6.59. The van der Waals surface area contributed by atoms with Gasteiger partial charge < -0.3 is 9.84 Å². The summed E-state index contributed by atoms with van der Waals surface area (Å²) >= 11 is 6.07. The summed E-state index contributed by atoms with van der Waals surface area (Å²) in [5.41, 5.74) is 1.68. The Morgan fingerprint density at radius 1 is 1.37 bits per heavy atom. The lowest BCUT2D eigenvalue weighted by Gasteiger charge is -2.12. The van der Waals surface area contributed by atoms with Crippen molar-refractivity contribution in [3.63, 3.8) is 0 Å². The third-order valence-electron chi connectivity index (χ3n) is 2.86. The molecule has 0 saturated carbocycles. The van der Waals surface area contributed by atoms with E-state index in [0.29, 0.717) is 17.2 Å². The molecule has 0 amide bonds. The quantitative estimate of drug-likeness (QED) is 0.913. The second-order valence-electron chi connectivity index (χ2n) is 4.28. The molecular weight excluding hydrogens is 262 g/mol. The largest absolute Gasteiger partial charge is 0.439 e. The van der Waals surface area contributed by atoms with Crippen LogP contribution in [-0.2, 0) is 6.42 Å². The molecule has 2 rings (SSSR count). The second kappa shape index (κ2) is 6.04. The molecule has 0 aliphatic rings. The molecule has 0 aliphatic carbocycles. The molecule has 1 atom stereocenters. The molecule has 0 aliphatic heterocycles. The van der Waals surface area contributed by atoms with E-state index in [2.05, 4.69) is 4.98 Å². The first-order chi connectivity index (χ1) is 9.11. The van der Waals surface area contributed by atoms with Crippen molar-refractivity contribution in [3.8, 4) is 11.6 Å². The standard InChI is InChI=1S/C15H16ClNO2/c1-3-11-9-12(6-7-14(11)16)19-15-13(10(2)18)5-4-8-17-15/h4-10,18H,3H2,1-2H3/t10-/m0/s1. The fraction of sp³-hybridized carbons (Fsp3) is 0.267. The zero-order valence-electron chi connectivity index (χ0n) is 10.9. The van der Waals surface area contributed by atoms with Gasteiger partial charge in [0, 0.05) is 16.8 Å². The molecule has 0 spiro atoms.